The fourth-order valence-corrected chi connectivity index (χ4v) is 6.70. The number of imidazole rings is 1. The molecule has 1 fully saturated rings. The summed E-state index contributed by atoms with van der Waals surface area (Å²) in [7, 11) is 0. The van der Waals surface area contributed by atoms with E-state index in [4.69, 9.17) is 23.2 Å². The lowest BCUT2D eigenvalue weighted by Crippen LogP contribution is -2.27. The SMILES string of the molecule is CC1CSC(Cc2ccc(Cl)cc2Cl)(Cn2ccnc2)S1. The molecule has 3 rings (SSSR count). The number of nitrogens with zero attached hydrogens (tertiary/aromatic N) is 2. The molecular weight excluding hydrogens is 343 g/mol. The first-order chi connectivity index (χ1) is 10.1. The smallest absolute Gasteiger partial charge is 0.0946 e. The van der Waals surface area contributed by atoms with Crippen LogP contribution in [0.4, 0.5) is 0 Å². The number of hydrogen-bond acceptors (Lipinski definition) is 3. The zero-order valence-electron chi connectivity index (χ0n) is 11.6. The highest BCUT2D eigenvalue weighted by molar-refractivity contribution is 8.21. The first-order valence-corrected chi connectivity index (χ1v) is 9.40. The van der Waals surface area contributed by atoms with E-state index in [2.05, 4.69) is 16.5 Å². The number of halogens is 2. The molecule has 1 aliphatic rings. The Morgan fingerprint density at radius 3 is 2.90 bits per heavy atom. The van der Waals surface area contributed by atoms with Crippen LogP contribution in [0, 0.1) is 0 Å². The Morgan fingerprint density at radius 2 is 2.29 bits per heavy atom. The van der Waals surface area contributed by atoms with Gasteiger partial charge in [-0.25, -0.2) is 4.98 Å². The van der Waals surface area contributed by atoms with Gasteiger partial charge >= 0.3 is 0 Å². The van der Waals surface area contributed by atoms with E-state index in [9.17, 15) is 0 Å². The molecule has 0 aliphatic carbocycles. The van der Waals surface area contributed by atoms with Gasteiger partial charge in [-0.05, 0) is 24.1 Å². The van der Waals surface area contributed by atoms with Crippen LogP contribution in [0.15, 0.2) is 36.9 Å². The molecule has 1 saturated heterocycles. The molecule has 0 spiro atoms. The molecule has 0 N–H and O–H groups in total. The van der Waals surface area contributed by atoms with Crippen molar-refractivity contribution in [2.75, 3.05) is 5.75 Å². The minimum absolute atomic E-state index is 0.109. The molecule has 2 heterocycles. The van der Waals surface area contributed by atoms with E-state index < -0.39 is 0 Å². The van der Waals surface area contributed by atoms with E-state index in [0.29, 0.717) is 10.3 Å². The minimum Gasteiger partial charge on any atom is -0.335 e. The van der Waals surface area contributed by atoms with Crippen LogP contribution in [0.3, 0.4) is 0 Å². The lowest BCUT2D eigenvalue weighted by molar-refractivity contribution is 0.625. The highest BCUT2D eigenvalue weighted by atomic mass is 35.5. The van der Waals surface area contributed by atoms with Crippen molar-refractivity contribution in [1.29, 1.82) is 0 Å². The lowest BCUT2D eigenvalue weighted by Gasteiger charge is -2.28. The van der Waals surface area contributed by atoms with Gasteiger partial charge in [-0.1, -0.05) is 36.2 Å². The number of thioether (sulfide) groups is 2. The van der Waals surface area contributed by atoms with E-state index in [-0.39, 0.29) is 4.08 Å². The van der Waals surface area contributed by atoms with E-state index in [0.717, 1.165) is 23.6 Å². The second-order valence-corrected chi connectivity index (χ2v) is 9.63. The van der Waals surface area contributed by atoms with Crippen LogP contribution >= 0.6 is 46.7 Å². The second kappa shape index (κ2) is 6.45. The first-order valence-electron chi connectivity index (χ1n) is 6.78. The van der Waals surface area contributed by atoms with Gasteiger partial charge in [0, 0.05) is 40.0 Å². The number of benzene rings is 1. The number of aromatic nitrogens is 2. The van der Waals surface area contributed by atoms with Gasteiger partial charge in [-0.15, -0.1) is 23.5 Å². The molecule has 1 aromatic heterocycles. The summed E-state index contributed by atoms with van der Waals surface area (Å²) in [4.78, 5) is 4.15. The molecule has 0 bridgehead atoms. The van der Waals surface area contributed by atoms with Crippen LogP contribution in [0.2, 0.25) is 10.0 Å². The minimum atomic E-state index is 0.109. The van der Waals surface area contributed by atoms with Crippen LogP contribution in [-0.2, 0) is 13.0 Å². The summed E-state index contributed by atoms with van der Waals surface area (Å²) < 4.78 is 2.26. The van der Waals surface area contributed by atoms with Crippen molar-refractivity contribution in [3.05, 3.63) is 52.5 Å². The molecule has 6 heteroatoms. The third kappa shape index (κ3) is 3.73. The van der Waals surface area contributed by atoms with Crippen LogP contribution in [0.1, 0.15) is 12.5 Å². The third-order valence-electron chi connectivity index (χ3n) is 3.45. The van der Waals surface area contributed by atoms with Crippen molar-refractivity contribution in [2.45, 2.75) is 29.2 Å². The summed E-state index contributed by atoms with van der Waals surface area (Å²) >= 11 is 16.4. The highest BCUT2D eigenvalue weighted by Gasteiger charge is 2.40. The second-order valence-electron chi connectivity index (χ2n) is 5.30. The maximum Gasteiger partial charge on any atom is 0.0946 e. The van der Waals surface area contributed by atoms with Gasteiger partial charge < -0.3 is 4.57 Å². The van der Waals surface area contributed by atoms with E-state index in [1.807, 2.05) is 60.4 Å². The number of rotatable bonds is 4. The fraction of sp³-hybridized carbons (Fsp3) is 0.400. The predicted octanol–water partition coefficient (Wildman–Crippen LogP) is 5.00. The molecule has 2 unspecified atom stereocenters. The van der Waals surface area contributed by atoms with Gasteiger partial charge in [-0.3, -0.25) is 0 Å². The lowest BCUT2D eigenvalue weighted by atomic mass is 10.1. The predicted molar refractivity (Wildman–Crippen MR) is 94.6 cm³/mol. The Bertz CT molecular complexity index is 618. The van der Waals surface area contributed by atoms with Crippen molar-refractivity contribution in [3.63, 3.8) is 0 Å². The molecule has 0 saturated carbocycles. The molecule has 2 aromatic rings. The molecule has 1 aliphatic heterocycles. The van der Waals surface area contributed by atoms with Crippen LogP contribution < -0.4 is 0 Å². The summed E-state index contributed by atoms with van der Waals surface area (Å²) in [5, 5.41) is 2.10. The van der Waals surface area contributed by atoms with Crippen molar-refractivity contribution in [3.8, 4) is 0 Å². The van der Waals surface area contributed by atoms with E-state index in [1.165, 1.54) is 5.75 Å². The van der Waals surface area contributed by atoms with Crippen molar-refractivity contribution >= 4 is 46.7 Å². The first kappa shape index (κ1) is 15.6. The van der Waals surface area contributed by atoms with Gasteiger partial charge in [-0.2, -0.15) is 0 Å². The average Bonchev–Trinajstić information content (AvgIpc) is 3.04. The molecule has 1 aromatic carbocycles. The largest absolute Gasteiger partial charge is 0.335 e. The van der Waals surface area contributed by atoms with Gasteiger partial charge in [0.2, 0.25) is 0 Å². The maximum atomic E-state index is 6.37. The Hall–Kier alpha value is -0.290. The van der Waals surface area contributed by atoms with Crippen molar-refractivity contribution in [2.24, 2.45) is 0 Å². The van der Waals surface area contributed by atoms with Crippen molar-refractivity contribution < 1.29 is 0 Å². The Kier molecular flexibility index (Phi) is 4.79. The summed E-state index contributed by atoms with van der Waals surface area (Å²) in [6, 6.07) is 5.79. The normalized spacial score (nSPS) is 25.4. The van der Waals surface area contributed by atoms with Crippen LogP contribution in [0.25, 0.3) is 0 Å². The van der Waals surface area contributed by atoms with Gasteiger partial charge in [0.1, 0.15) is 0 Å². The zero-order valence-corrected chi connectivity index (χ0v) is 14.8. The third-order valence-corrected chi connectivity index (χ3v) is 7.63. The summed E-state index contributed by atoms with van der Waals surface area (Å²) in [5.41, 5.74) is 1.16. The quantitative estimate of drug-likeness (QED) is 0.765. The van der Waals surface area contributed by atoms with Gasteiger partial charge in [0.25, 0.3) is 0 Å². The summed E-state index contributed by atoms with van der Waals surface area (Å²) in [5.74, 6) is 1.17. The molecule has 21 heavy (non-hydrogen) atoms. The average molecular weight is 359 g/mol. The van der Waals surface area contributed by atoms with E-state index >= 15 is 0 Å². The molecule has 2 atom stereocenters. The Morgan fingerprint density at radius 1 is 1.43 bits per heavy atom. The Balaban J connectivity index is 1.85. The molecular formula is C15H16Cl2N2S2. The van der Waals surface area contributed by atoms with Crippen LogP contribution in [-0.4, -0.2) is 24.6 Å². The van der Waals surface area contributed by atoms with Gasteiger partial charge in [0.15, 0.2) is 0 Å². The highest BCUT2D eigenvalue weighted by Crippen LogP contribution is 2.51. The number of hydrogen-bond donors (Lipinski definition) is 0. The molecule has 0 amide bonds. The zero-order chi connectivity index (χ0) is 14.9. The molecule has 0 radical (unpaired) electrons. The molecule has 2 nitrogen and oxygen atoms in total. The molecule has 112 valence electrons. The van der Waals surface area contributed by atoms with E-state index in [1.54, 1.807) is 0 Å². The maximum absolute atomic E-state index is 6.37. The van der Waals surface area contributed by atoms with Gasteiger partial charge in [0.05, 0.1) is 10.4 Å². The summed E-state index contributed by atoms with van der Waals surface area (Å²) in [6.45, 7) is 3.22. The fourth-order valence-electron chi connectivity index (χ4n) is 2.55. The monoisotopic (exact) mass is 358 g/mol. The standard InChI is InChI=1S/C15H16Cl2N2S2/c1-11-8-20-15(21-11,9-19-5-4-18-10-19)7-12-2-3-13(16)6-14(12)17/h2-6,10-11H,7-9H2,1H3. The van der Waals surface area contributed by atoms with Crippen LogP contribution in [0.5, 0.6) is 0 Å². The Labute approximate surface area is 143 Å². The topological polar surface area (TPSA) is 17.8 Å². The summed E-state index contributed by atoms with van der Waals surface area (Å²) in [6.07, 6.45) is 6.67. The van der Waals surface area contributed by atoms with Crippen molar-refractivity contribution in [1.82, 2.24) is 9.55 Å².